The van der Waals surface area contributed by atoms with Gasteiger partial charge in [-0.1, -0.05) is 18.2 Å². The van der Waals surface area contributed by atoms with Gasteiger partial charge in [0.25, 0.3) is 0 Å². The average molecular weight is 266 g/mol. The molecule has 1 aromatic rings. The van der Waals surface area contributed by atoms with Gasteiger partial charge in [-0.25, -0.2) is 4.79 Å². The van der Waals surface area contributed by atoms with Gasteiger partial charge in [-0.05, 0) is 6.07 Å². The second kappa shape index (κ2) is 5.67. The van der Waals surface area contributed by atoms with E-state index in [-0.39, 0.29) is 24.8 Å². The maximum absolute atomic E-state index is 12.1. The van der Waals surface area contributed by atoms with Gasteiger partial charge in [0.2, 0.25) is 0 Å². The summed E-state index contributed by atoms with van der Waals surface area (Å²) >= 11 is 0. The van der Waals surface area contributed by atoms with Crippen LogP contribution < -0.4 is 10.1 Å². The summed E-state index contributed by atoms with van der Waals surface area (Å²) in [5, 5.41) is 2.50. The van der Waals surface area contributed by atoms with Crippen molar-refractivity contribution in [2.24, 2.45) is 0 Å². The predicted molar refractivity (Wildman–Crippen MR) is 57.5 cm³/mol. The topological polar surface area (TPSA) is 47.6 Å². The molecule has 0 saturated carbocycles. The zero-order valence-electron chi connectivity index (χ0n) is 8.56. The van der Waals surface area contributed by atoms with Gasteiger partial charge in [-0.2, -0.15) is 8.78 Å². The molecule has 4 nitrogen and oxygen atoms in total. The van der Waals surface area contributed by atoms with Gasteiger partial charge < -0.3 is 14.8 Å². The predicted octanol–water partition coefficient (Wildman–Crippen LogP) is 2.49. The van der Waals surface area contributed by atoms with E-state index in [1.807, 2.05) is 0 Å². The maximum Gasteiger partial charge on any atom is 0.407 e. The molecular formula is C10H10ClF2NO3. The van der Waals surface area contributed by atoms with Crippen LogP contribution in [0, 0.1) is 0 Å². The molecule has 1 aliphatic rings. The number of ether oxygens (including phenoxy) is 2. The third-order valence-electron chi connectivity index (χ3n) is 2.18. The van der Waals surface area contributed by atoms with Gasteiger partial charge in [0.05, 0.1) is 6.04 Å². The van der Waals surface area contributed by atoms with Crippen LogP contribution in [0.2, 0.25) is 0 Å². The fourth-order valence-electron chi connectivity index (χ4n) is 1.52. The molecule has 1 amide bonds. The van der Waals surface area contributed by atoms with Crippen molar-refractivity contribution in [3.05, 3.63) is 29.8 Å². The van der Waals surface area contributed by atoms with Crippen molar-refractivity contribution in [2.75, 3.05) is 6.61 Å². The number of hydrogen-bond donors (Lipinski definition) is 1. The molecule has 1 aliphatic heterocycles. The first-order valence-electron chi connectivity index (χ1n) is 4.64. The van der Waals surface area contributed by atoms with E-state index in [2.05, 4.69) is 14.8 Å². The van der Waals surface area contributed by atoms with Gasteiger partial charge in [-0.15, -0.1) is 12.4 Å². The first-order valence-corrected chi connectivity index (χ1v) is 4.64. The molecule has 0 spiro atoms. The lowest BCUT2D eigenvalue weighted by atomic mass is 10.1. The Morgan fingerprint density at radius 2 is 2.12 bits per heavy atom. The Morgan fingerprint density at radius 1 is 1.41 bits per heavy atom. The molecule has 0 aromatic heterocycles. The molecule has 1 atom stereocenters. The molecule has 1 aromatic carbocycles. The second-order valence-electron chi connectivity index (χ2n) is 3.21. The van der Waals surface area contributed by atoms with E-state index < -0.39 is 18.7 Å². The van der Waals surface area contributed by atoms with Crippen LogP contribution in [0.1, 0.15) is 11.6 Å². The van der Waals surface area contributed by atoms with Crippen molar-refractivity contribution in [2.45, 2.75) is 12.7 Å². The van der Waals surface area contributed by atoms with E-state index in [0.717, 1.165) is 0 Å². The van der Waals surface area contributed by atoms with Crippen molar-refractivity contribution in [1.82, 2.24) is 5.32 Å². The second-order valence-corrected chi connectivity index (χ2v) is 3.21. The number of nitrogens with one attached hydrogen (secondary N) is 1. The number of carbonyl (C=O) groups excluding carboxylic acids is 1. The third-order valence-corrected chi connectivity index (χ3v) is 2.18. The summed E-state index contributed by atoms with van der Waals surface area (Å²) in [5.74, 6) is 0.0494. The van der Waals surface area contributed by atoms with E-state index in [9.17, 15) is 13.6 Å². The van der Waals surface area contributed by atoms with E-state index in [1.54, 1.807) is 18.2 Å². The van der Waals surface area contributed by atoms with Crippen molar-refractivity contribution < 1.29 is 23.0 Å². The highest BCUT2D eigenvalue weighted by Gasteiger charge is 2.26. The lowest BCUT2D eigenvalue weighted by molar-refractivity contribution is -0.0507. The quantitative estimate of drug-likeness (QED) is 0.913. The molecule has 0 bridgehead atoms. The Labute approximate surface area is 102 Å². The third kappa shape index (κ3) is 3.20. The van der Waals surface area contributed by atoms with Crippen LogP contribution in [0.15, 0.2) is 24.3 Å². The highest BCUT2D eigenvalue weighted by molar-refractivity contribution is 5.85. The van der Waals surface area contributed by atoms with Crippen LogP contribution in [0.4, 0.5) is 13.6 Å². The molecule has 1 N–H and O–H groups in total. The van der Waals surface area contributed by atoms with Crippen LogP contribution in [0.3, 0.4) is 0 Å². The molecule has 1 saturated heterocycles. The molecule has 17 heavy (non-hydrogen) atoms. The Morgan fingerprint density at radius 3 is 2.71 bits per heavy atom. The van der Waals surface area contributed by atoms with Crippen LogP contribution in [0.25, 0.3) is 0 Å². The van der Waals surface area contributed by atoms with Crippen molar-refractivity contribution in [3.8, 4) is 5.75 Å². The number of amides is 1. The number of alkyl halides is 2. The average Bonchev–Trinajstić information content (AvgIpc) is 2.65. The Kier molecular flexibility index (Phi) is 4.51. The zero-order valence-corrected chi connectivity index (χ0v) is 9.38. The lowest BCUT2D eigenvalue weighted by Gasteiger charge is -2.13. The number of cyclic esters (lactones) is 1. The monoisotopic (exact) mass is 265 g/mol. The molecular weight excluding hydrogens is 256 g/mol. The van der Waals surface area contributed by atoms with E-state index in [0.29, 0.717) is 5.56 Å². The molecule has 1 fully saturated rings. The smallest absolute Gasteiger partial charge is 0.407 e. The lowest BCUT2D eigenvalue weighted by Crippen LogP contribution is -2.19. The number of alkyl carbamates (subject to hydrolysis) is 1. The van der Waals surface area contributed by atoms with Crippen LogP contribution in [-0.2, 0) is 4.74 Å². The summed E-state index contributed by atoms with van der Waals surface area (Å²) < 4.78 is 33.3. The summed E-state index contributed by atoms with van der Waals surface area (Å²) in [4.78, 5) is 10.8. The molecule has 94 valence electrons. The molecule has 1 heterocycles. The van der Waals surface area contributed by atoms with Crippen molar-refractivity contribution in [1.29, 1.82) is 0 Å². The van der Waals surface area contributed by atoms with Gasteiger partial charge in [0, 0.05) is 5.56 Å². The Bertz CT molecular complexity index is 403. The molecule has 0 aliphatic carbocycles. The highest BCUT2D eigenvalue weighted by Crippen LogP contribution is 2.28. The first-order chi connectivity index (χ1) is 7.66. The first kappa shape index (κ1) is 13.5. The number of carbonyl (C=O) groups is 1. The minimum Gasteiger partial charge on any atom is -0.447 e. The van der Waals surface area contributed by atoms with Gasteiger partial charge in [0.1, 0.15) is 12.4 Å². The maximum atomic E-state index is 12.1. The van der Waals surface area contributed by atoms with Gasteiger partial charge >= 0.3 is 12.7 Å². The summed E-state index contributed by atoms with van der Waals surface area (Å²) in [6.07, 6.45) is -0.558. The summed E-state index contributed by atoms with van der Waals surface area (Å²) in [5.41, 5.74) is 0.480. The number of para-hydroxylation sites is 1. The van der Waals surface area contributed by atoms with Crippen molar-refractivity contribution in [3.63, 3.8) is 0 Å². The van der Waals surface area contributed by atoms with Crippen LogP contribution >= 0.6 is 12.4 Å². The number of hydrogen-bond acceptors (Lipinski definition) is 3. The number of halogens is 3. The fraction of sp³-hybridized carbons (Fsp3) is 0.300. The summed E-state index contributed by atoms with van der Waals surface area (Å²) in [7, 11) is 0. The molecule has 0 radical (unpaired) electrons. The summed E-state index contributed by atoms with van der Waals surface area (Å²) in [6, 6.07) is 5.85. The standard InChI is InChI=1S/C10H9F2NO3.ClH/c11-9(12)16-8-4-2-1-3-6(8)7-5-15-10(14)13-7;/h1-4,7,9H,5H2,(H,13,14);1H/t7-;/m0./s1. The van der Waals surface area contributed by atoms with Crippen LogP contribution in [-0.4, -0.2) is 19.3 Å². The minimum absolute atomic E-state index is 0. The fourth-order valence-corrected chi connectivity index (χ4v) is 1.52. The largest absolute Gasteiger partial charge is 0.447 e. The van der Waals surface area contributed by atoms with E-state index >= 15 is 0 Å². The van der Waals surface area contributed by atoms with E-state index in [1.165, 1.54) is 6.07 Å². The van der Waals surface area contributed by atoms with Crippen molar-refractivity contribution >= 4 is 18.5 Å². The summed E-state index contributed by atoms with van der Waals surface area (Å²) in [6.45, 7) is -2.78. The highest BCUT2D eigenvalue weighted by atomic mass is 35.5. The zero-order chi connectivity index (χ0) is 11.5. The minimum atomic E-state index is -2.89. The van der Waals surface area contributed by atoms with E-state index in [4.69, 9.17) is 0 Å². The van der Waals surface area contributed by atoms with Gasteiger partial charge in [-0.3, -0.25) is 0 Å². The number of benzene rings is 1. The van der Waals surface area contributed by atoms with Gasteiger partial charge in [0.15, 0.2) is 0 Å². The molecule has 0 unspecified atom stereocenters. The molecule has 7 heteroatoms. The normalized spacial score (nSPS) is 18.3. The number of rotatable bonds is 3. The SMILES string of the molecule is Cl.O=C1N[C@H](c2ccccc2OC(F)F)CO1. The Balaban J connectivity index is 0.00000144. The molecule has 2 rings (SSSR count). The Hall–Kier alpha value is -1.56. The van der Waals surface area contributed by atoms with Crippen LogP contribution in [0.5, 0.6) is 5.75 Å².